The van der Waals surface area contributed by atoms with Crippen LogP contribution in [0.4, 0.5) is 13.2 Å². The highest BCUT2D eigenvalue weighted by Gasteiger charge is 2.39. The smallest absolute Gasteiger partial charge is 0.481 e. The molecule has 3 rings (SSSR count). The lowest BCUT2D eigenvalue weighted by molar-refractivity contribution is -0.192. The molecule has 1 aliphatic heterocycles. The molecule has 2 heterocycles. The van der Waals surface area contributed by atoms with Crippen molar-refractivity contribution in [3.63, 3.8) is 0 Å². The molecule has 1 aliphatic rings. The molecular formula is C19H20F3NO5. The average Bonchev–Trinajstić information content (AvgIpc) is 3.25. The molecule has 9 heteroatoms. The number of rotatable bonds is 4. The molecule has 0 radical (unpaired) electrons. The fourth-order valence-electron chi connectivity index (χ4n) is 3.04. The Kier molecular flexibility index (Phi) is 6.85. The van der Waals surface area contributed by atoms with E-state index in [1.165, 1.54) is 5.56 Å². The van der Waals surface area contributed by atoms with Gasteiger partial charge < -0.3 is 14.6 Å². The van der Waals surface area contributed by atoms with E-state index in [0.29, 0.717) is 13.1 Å². The first-order valence-electron chi connectivity index (χ1n) is 8.42. The Bertz CT molecular complexity index is 787. The summed E-state index contributed by atoms with van der Waals surface area (Å²) in [4.78, 5) is 22.6. The number of carbonyl (C=O) groups is 2. The highest BCUT2D eigenvalue weighted by Crippen LogP contribution is 2.33. The SMILES string of the molecule is Cc1ccc([C@@H]2CN(Cc3ccco3)C[C@H]2C(=O)O)cc1.O=C(O)C(F)(F)F. The minimum absolute atomic E-state index is 0.0399. The van der Waals surface area contributed by atoms with Gasteiger partial charge in [0.1, 0.15) is 5.76 Å². The van der Waals surface area contributed by atoms with E-state index in [9.17, 15) is 23.1 Å². The summed E-state index contributed by atoms with van der Waals surface area (Å²) in [5.74, 6) is -2.92. The zero-order valence-electron chi connectivity index (χ0n) is 15.0. The molecule has 2 N–H and O–H groups in total. The largest absolute Gasteiger partial charge is 0.490 e. The molecule has 0 spiro atoms. The summed E-state index contributed by atoms with van der Waals surface area (Å²) < 4.78 is 37.1. The van der Waals surface area contributed by atoms with Crippen molar-refractivity contribution in [1.82, 2.24) is 4.90 Å². The van der Waals surface area contributed by atoms with Gasteiger partial charge in [-0.3, -0.25) is 9.69 Å². The molecule has 1 aromatic heterocycles. The van der Waals surface area contributed by atoms with Gasteiger partial charge in [0, 0.05) is 19.0 Å². The molecule has 6 nitrogen and oxygen atoms in total. The highest BCUT2D eigenvalue weighted by atomic mass is 19.4. The van der Waals surface area contributed by atoms with Gasteiger partial charge in [-0.15, -0.1) is 0 Å². The molecule has 0 bridgehead atoms. The van der Waals surface area contributed by atoms with Gasteiger partial charge in [-0.05, 0) is 24.6 Å². The van der Waals surface area contributed by atoms with Crippen LogP contribution in [0.1, 0.15) is 22.8 Å². The summed E-state index contributed by atoms with van der Waals surface area (Å²) in [6.07, 6.45) is -3.43. The number of nitrogens with zero attached hydrogens (tertiary/aromatic N) is 1. The minimum Gasteiger partial charge on any atom is -0.481 e. The van der Waals surface area contributed by atoms with Crippen LogP contribution in [0.25, 0.3) is 0 Å². The van der Waals surface area contributed by atoms with Crippen molar-refractivity contribution in [2.75, 3.05) is 13.1 Å². The number of aryl methyl sites for hydroxylation is 1. The van der Waals surface area contributed by atoms with E-state index >= 15 is 0 Å². The zero-order valence-corrected chi connectivity index (χ0v) is 15.0. The summed E-state index contributed by atoms with van der Waals surface area (Å²) in [7, 11) is 0. The molecule has 0 saturated carbocycles. The first-order chi connectivity index (χ1) is 13.1. The number of benzene rings is 1. The number of carboxylic acid groups (broad SMARTS) is 2. The Morgan fingerprint density at radius 1 is 1.14 bits per heavy atom. The Balaban J connectivity index is 0.000000345. The molecule has 0 unspecified atom stereocenters. The van der Waals surface area contributed by atoms with Crippen LogP contribution in [0.2, 0.25) is 0 Å². The number of halogens is 3. The van der Waals surface area contributed by atoms with E-state index in [-0.39, 0.29) is 11.8 Å². The molecule has 152 valence electrons. The molecule has 1 fully saturated rings. The van der Waals surface area contributed by atoms with Gasteiger partial charge in [-0.25, -0.2) is 4.79 Å². The van der Waals surface area contributed by atoms with Crippen molar-refractivity contribution < 1.29 is 37.4 Å². The Labute approximate surface area is 159 Å². The van der Waals surface area contributed by atoms with Crippen LogP contribution in [0, 0.1) is 12.8 Å². The van der Waals surface area contributed by atoms with Gasteiger partial charge in [-0.1, -0.05) is 29.8 Å². The number of alkyl halides is 3. The lowest BCUT2D eigenvalue weighted by Crippen LogP contribution is -2.23. The van der Waals surface area contributed by atoms with Crippen molar-refractivity contribution in [3.05, 3.63) is 59.5 Å². The first kappa shape index (κ1) is 21.5. The topological polar surface area (TPSA) is 91.0 Å². The second-order valence-electron chi connectivity index (χ2n) is 6.54. The normalized spacial score (nSPS) is 19.7. The van der Waals surface area contributed by atoms with Crippen molar-refractivity contribution in [1.29, 1.82) is 0 Å². The first-order valence-corrected chi connectivity index (χ1v) is 8.42. The van der Waals surface area contributed by atoms with Gasteiger partial charge in [0.25, 0.3) is 0 Å². The quantitative estimate of drug-likeness (QED) is 0.818. The fraction of sp³-hybridized carbons (Fsp3) is 0.368. The third kappa shape index (κ3) is 5.85. The Hall–Kier alpha value is -2.81. The van der Waals surface area contributed by atoms with Crippen LogP contribution in [-0.4, -0.2) is 46.3 Å². The van der Waals surface area contributed by atoms with Gasteiger partial charge in [0.2, 0.25) is 0 Å². The van der Waals surface area contributed by atoms with Crippen molar-refractivity contribution in [2.45, 2.75) is 25.6 Å². The van der Waals surface area contributed by atoms with Gasteiger partial charge >= 0.3 is 18.1 Å². The number of carboxylic acids is 2. The summed E-state index contributed by atoms with van der Waals surface area (Å²) in [5.41, 5.74) is 2.30. The second kappa shape index (κ2) is 8.92. The van der Waals surface area contributed by atoms with Gasteiger partial charge in [-0.2, -0.15) is 13.2 Å². The molecule has 2 aromatic rings. The zero-order chi connectivity index (χ0) is 20.9. The predicted octanol–water partition coefficient (Wildman–Crippen LogP) is 3.52. The lowest BCUT2D eigenvalue weighted by atomic mass is 9.89. The molecular weight excluding hydrogens is 379 g/mol. The standard InChI is InChI=1S/C17H19NO3.C2HF3O2/c1-12-4-6-13(7-5-12)15-10-18(11-16(15)17(19)20)9-14-3-2-8-21-14;3-2(4,5)1(6)7/h2-8,15-16H,9-11H2,1H3,(H,19,20);(H,6,7)/t15-,16+;/m0./s1. The predicted molar refractivity (Wildman–Crippen MR) is 92.7 cm³/mol. The van der Waals surface area contributed by atoms with Crippen LogP contribution in [0.3, 0.4) is 0 Å². The number of likely N-dealkylation sites (tertiary alicyclic amines) is 1. The van der Waals surface area contributed by atoms with E-state index in [1.54, 1.807) is 6.26 Å². The van der Waals surface area contributed by atoms with Crippen molar-refractivity contribution >= 4 is 11.9 Å². The van der Waals surface area contributed by atoms with Crippen molar-refractivity contribution in [3.8, 4) is 0 Å². The summed E-state index contributed by atoms with van der Waals surface area (Å²) >= 11 is 0. The maximum atomic E-state index is 11.6. The van der Waals surface area contributed by atoms with Crippen LogP contribution in [0.15, 0.2) is 47.1 Å². The molecule has 1 aromatic carbocycles. The third-order valence-electron chi connectivity index (χ3n) is 4.42. The second-order valence-corrected chi connectivity index (χ2v) is 6.54. The van der Waals surface area contributed by atoms with Gasteiger partial charge in [0.05, 0.1) is 18.7 Å². The minimum atomic E-state index is -5.08. The van der Waals surface area contributed by atoms with E-state index in [2.05, 4.69) is 4.90 Å². The molecule has 1 saturated heterocycles. The molecule has 0 amide bonds. The monoisotopic (exact) mass is 399 g/mol. The van der Waals surface area contributed by atoms with E-state index in [1.807, 2.05) is 43.3 Å². The average molecular weight is 399 g/mol. The van der Waals surface area contributed by atoms with Crippen LogP contribution < -0.4 is 0 Å². The highest BCUT2D eigenvalue weighted by molar-refractivity contribution is 5.73. The number of aliphatic carboxylic acids is 2. The Morgan fingerprint density at radius 3 is 2.21 bits per heavy atom. The number of hydrogen-bond acceptors (Lipinski definition) is 4. The third-order valence-corrected chi connectivity index (χ3v) is 4.42. The maximum absolute atomic E-state index is 11.6. The van der Waals surface area contributed by atoms with Crippen molar-refractivity contribution in [2.24, 2.45) is 5.92 Å². The fourth-order valence-corrected chi connectivity index (χ4v) is 3.04. The number of hydrogen-bond donors (Lipinski definition) is 2. The summed E-state index contributed by atoms with van der Waals surface area (Å²) in [6, 6.07) is 12.0. The number of furan rings is 1. The molecule has 2 atom stereocenters. The van der Waals surface area contributed by atoms with Gasteiger partial charge in [0.15, 0.2) is 0 Å². The van der Waals surface area contributed by atoms with Crippen LogP contribution in [-0.2, 0) is 16.1 Å². The van der Waals surface area contributed by atoms with Crippen LogP contribution in [0.5, 0.6) is 0 Å². The van der Waals surface area contributed by atoms with E-state index < -0.39 is 18.1 Å². The van der Waals surface area contributed by atoms with E-state index in [0.717, 1.165) is 17.9 Å². The molecule has 0 aliphatic carbocycles. The molecule has 28 heavy (non-hydrogen) atoms. The maximum Gasteiger partial charge on any atom is 0.490 e. The lowest BCUT2D eigenvalue weighted by Gasteiger charge is -2.15. The Morgan fingerprint density at radius 2 is 1.75 bits per heavy atom. The summed E-state index contributed by atoms with van der Waals surface area (Å²) in [6.45, 7) is 4.02. The summed E-state index contributed by atoms with van der Waals surface area (Å²) in [5, 5.41) is 16.6. The van der Waals surface area contributed by atoms with Crippen LogP contribution >= 0.6 is 0 Å². The van der Waals surface area contributed by atoms with E-state index in [4.69, 9.17) is 14.3 Å².